The molecule has 130 valence electrons. The molecular weight excluding hydrogens is 316 g/mol. The van der Waals surface area contributed by atoms with E-state index in [1.807, 2.05) is 18.2 Å². The maximum Gasteiger partial charge on any atom is 0.255 e. The molecule has 2 rings (SSSR count). The lowest BCUT2D eigenvalue weighted by Gasteiger charge is -2.11. The summed E-state index contributed by atoms with van der Waals surface area (Å²) in [6.45, 7) is 2.49. The van der Waals surface area contributed by atoms with Gasteiger partial charge in [0.1, 0.15) is 5.75 Å². The summed E-state index contributed by atoms with van der Waals surface area (Å²) in [6.07, 6.45) is 3.22. The topological polar surface area (TPSA) is 81.4 Å². The first-order valence-corrected chi connectivity index (χ1v) is 8.06. The summed E-state index contributed by atoms with van der Waals surface area (Å²) in [7, 11) is 0. The van der Waals surface area contributed by atoms with E-state index in [1.54, 1.807) is 30.3 Å². The van der Waals surface area contributed by atoms with Crippen molar-refractivity contribution in [2.45, 2.75) is 12.8 Å². The smallest absolute Gasteiger partial charge is 0.255 e. The minimum absolute atomic E-state index is 0.142. The maximum atomic E-state index is 11.9. The zero-order valence-electron chi connectivity index (χ0n) is 14.1. The summed E-state index contributed by atoms with van der Waals surface area (Å²) in [5.41, 5.74) is 7.07. The van der Waals surface area contributed by atoms with Gasteiger partial charge in [-0.05, 0) is 35.3 Å². The van der Waals surface area contributed by atoms with Crippen LogP contribution in [0.25, 0.3) is 6.08 Å². The third-order valence-electron chi connectivity index (χ3n) is 3.64. The zero-order chi connectivity index (χ0) is 18.1. The van der Waals surface area contributed by atoms with E-state index < -0.39 is 5.91 Å². The molecule has 0 fully saturated rings. The summed E-state index contributed by atoms with van der Waals surface area (Å²) in [6, 6.07) is 17.1. The highest BCUT2D eigenvalue weighted by Crippen LogP contribution is 2.14. The fourth-order valence-electron chi connectivity index (χ4n) is 2.21. The highest BCUT2D eigenvalue weighted by Gasteiger charge is 2.05. The SMILES string of the molecule is CC(CNC(=O)/C=C/c1ccc(OCC(N)=O)cc1)c1ccccc1. The zero-order valence-corrected chi connectivity index (χ0v) is 14.1. The second-order valence-corrected chi connectivity index (χ2v) is 5.71. The van der Waals surface area contributed by atoms with Gasteiger partial charge >= 0.3 is 0 Å². The van der Waals surface area contributed by atoms with Crippen molar-refractivity contribution in [3.63, 3.8) is 0 Å². The molecule has 0 aliphatic heterocycles. The fourth-order valence-corrected chi connectivity index (χ4v) is 2.21. The summed E-state index contributed by atoms with van der Waals surface area (Å²) < 4.78 is 5.18. The molecule has 0 radical (unpaired) electrons. The Morgan fingerprint density at radius 2 is 1.80 bits per heavy atom. The predicted octanol–water partition coefficient (Wildman–Crippen LogP) is 2.48. The lowest BCUT2D eigenvalue weighted by atomic mass is 10.0. The Kier molecular flexibility index (Phi) is 6.77. The summed E-state index contributed by atoms with van der Waals surface area (Å²) in [4.78, 5) is 22.6. The van der Waals surface area contributed by atoms with Gasteiger partial charge in [0, 0.05) is 12.6 Å². The van der Waals surface area contributed by atoms with Gasteiger partial charge in [0.15, 0.2) is 6.61 Å². The number of amides is 2. The van der Waals surface area contributed by atoms with Crippen molar-refractivity contribution in [1.29, 1.82) is 0 Å². The van der Waals surface area contributed by atoms with Crippen molar-refractivity contribution in [3.8, 4) is 5.75 Å². The Morgan fingerprint density at radius 1 is 1.12 bits per heavy atom. The number of hydrogen-bond donors (Lipinski definition) is 2. The van der Waals surface area contributed by atoms with E-state index in [-0.39, 0.29) is 18.4 Å². The van der Waals surface area contributed by atoms with Crippen molar-refractivity contribution in [1.82, 2.24) is 5.32 Å². The molecule has 5 nitrogen and oxygen atoms in total. The molecule has 1 atom stereocenters. The monoisotopic (exact) mass is 338 g/mol. The van der Waals surface area contributed by atoms with Crippen LogP contribution < -0.4 is 15.8 Å². The molecule has 0 aliphatic rings. The molecule has 2 amide bonds. The summed E-state index contributed by atoms with van der Waals surface area (Å²) in [5.74, 6) is 0.138. The van der Waals surface area contributed by atoms with Crippen molar-refractivity contribution in [2.75, 3.05) is 13.2 Å². The third kappa shape index (κ3) is 6.51. The molecule has 0 aliphatic carbocycles. The Balaban J connectivity index is 1.80. The molecule has 25 heavy (non-hydrogen) atoms. The van der Waals surface area contributed by atoms with Gasteiger partial charge in [-0.1, -0.05) is 49.4 Å². The highest BCUT2D eigenvalue weighted by atomic mass is 16.5. The number of hydrogen-bond acceptors (Lipinski definition) is 3. The highest BCUT2D eigenvalue weighted by molar-refractivity contribution is 5.91. The van der Waals surface area contributed by atoms with Gasteiger partial charge in [0.25, 0.3) is 5.91 Å². The number of primary amides is 1. The van der Waals surface area contributed by atoms with Gasteiger partial charge in [-0.3, -0.25) is 9.59 Å². The molecule has 2 aromatic carbocycles. The van der Waals surface area contributed by atoms with Crippen LogP contribution in [0.5, 0.6) is 5.75 Å². The van der Waals surface area contributed by atoms with Crippen LogP contribution in [0.1, 0.15) is 24.0 Å². The van der Waals surface area contributed by atoms with E-state index >= 15 is 0 Å². The maximum absolute atomic E-state index is 11.9. The number of benzene rings is 2. The van der Waals surface area contributed by atoms with Gasteiger partial charge < -0.3 is 15.8 Å². The molecule has 5 heteroatoms. The Bertz CT molecular complexity index is 724. The van der Waals surface area contributed by atoms with Gasteiger partial charge in [-0.25, -0.2) is 0 Å². The molecule has 3 N–H and O–H groups in total. The molecular formula is C20H22N2O3. The van der Waals surface area contributed by atoms with Gasteiger partial charge in [0.2, 0.25) is 5.91 Å². The Morgan fingerprint density at radius 3 is 2.44 bits per heavy atom. The van der Waals surface area contributed by atoms with Crippen molar-refractivity contribution < 1.29 is 14.3 Å². The second-order valence-electron chi connectivity index (χ2n) is 5.71. The van der Waals surface area contributed by atoms with Gasteiger partial charge in [-0.2, -0.15) is 0 Å². The first-order chi connectivity index (χ1) is 12.0. The van der Waals surface area contributed by atoms with Gasteiger partial charge in [0.05, 0.1) is 0 Å². The van der Waals surface area contributed by atoms with E-state index in [0.29, 0.717) is 12.3 Å². The molecule has 0 aromatic heterocycles. The van der Waals surface area contributed by atoms with E-state index in [0.717, 1.165) is 5.56 Å². The number of ether oxygens (including phenoxy) is 1. The lowest BCUT2D eigenvalue weighted by Crippen LogP contribution is -2.25. The molecule has 2 aromatic rings. The fraction of sp³-hybridized carbons (Fsp3) is 0.200. The van der Waals surface area contributed by atoms with E-state index in [1.165, 1.54) is 11.6 Å². The molecule has 1 unspecified atom stereocenters. The Labute approximate surface area is 147 Å². The van der Waals surface area contributed by atoms with Crippen LogP contribution in [0, 0.1) is 0 Å². The van der Waals surface area contributed by atoms with E-state index in [4.69, 9.17) is 10.5 Å². The van der Waals surface area contributed by atoms with Crippen molar-refractivity contribution in [3.05, 3.63) is 71.8 Å². The van der Waals surface area contributed by atoms with Crippen LogP contribution in [0.3, 0.4) is 0 Å². The van der Waals surface area contributed by atoms with Crippen molar-refractivity contribution >= 4 is 17.9 Å². The summed E-state index contributed by atoms with van der Waals surface area (Å²) >= 11 is 0. The lowest BCUT2D eigenvalue weighted by molar-refractivity contribution is -0.120. The molecule has 0 saturated carbocycles. The predicted molar refractivity (Wildman–Crippen MR) is 98.0 cm³/mol. The van der Waals surface area contributed by atoms with Crippen LogP contribution in [-0.4, -0.2) is 25.0 Å². The van der Waals surface area contributed by atoms with E-state index in [9.17, 15) is 9.59 Å². The first-order valence-electron chi connectivity index (χ1n) is 8.06. The summed E-state index contributed by atoms with van der Waals surface area (Å²) in [5, 5.41) is 2.89. The van der Waals surface area contributed by atoms with E-state index in [2.05, 4.69) is 24.4 Å². The first kappa shape index (κ1) is 18.3. The van der Waals surface area contributed by atoms with Crippen LogP contribution in [0.2, 0.25) is 0 Å². The third-order valence-corrected chi connectivity index (χ3v) is 3.64. The average molecular weight is 338 g/mol. The van der Waals surface area contributed by atoms with Crippen LogP contribution in [0.15, 0.2) is 60.7 Å². The molecule has 0 bridgehead atoms. The average Bonchev–Trinajstić information content (AvgIpc) is 2.64. The van der Waals surface area contributed by atoms with Crippen LogP contribution in [0.4, 0.5) is 0 Å². The van der Waals surface area contributed by atoms with Crippen molar-refractivity contribution in [2.24, 2.45) is 5.73 Å². The standard InChI is InChI=1S/C20H22N2O3/c1-15(17-5-3-2-4-6-17)13-22-20(24)12-9-16-7-10-18(11-8-16)25-14-19(21)23/h2-12,15H,13-14H2,1H3,(H2,21,23)(H,22,24)/b12-9+. The normalized spacial score (nSPS) is 11.9. The Hall–Kier alpha value is -3.08. The van der Waals surface area contributed by atoms with Crippen LogP contribution in [-0.2, 0) is 9.59 Å². The number of rotatable bonds is 8. The minimum Gasteiger partial charge on any atom is -0.484 e. The molecule has 0 spiro atoms. The van der Waals surface area contributed by atoms with Crippen LogP contribution >= 0.6 is 0 Å². The van der Waals surface area contributed by atoms with Gasteiger partial charge in [-0.15, -0.1) is 0 Å². The number of carbonyl (C=O) groups excluding carboxylic acids is 2. The molecule has 0 saturated heterocycles. The number of nitrogens with one attached hydrogen (secondary N) is 1. The molecule has 0 heterocycles. The number of nitrogens with two attached hydrogens (primary N) is 1. The quantitative estimate of drug-likeness (QED) is 0.726. The number of carbonyl (C=O) groups is 2. The minimum atomic E-state index is -0.523. The largest absolute Gasteiger partial charge is 0.484 e. The second kappa shape index (κ2) is 9.27.